The molecule has 0 bridgehead atoms. The Morgan fingerprint density at radius 3 is 2.91 bits per heavy atom. The molecule has 5 heteroatoms. The highest BCUT2D eigenvalue weighted by atomic mass is 16.5. The number of hydrogen-bond acceptors (Lipinski definition) is 4. The number of fused-ring (bicyclic) bond motifs is 1. The molecule has 1 aromatic carbocycles. The van der Waals surface area contributed by atoms with Crippen LogP contribution in [-0.2, 0) is 4.74 Å². The summed E-state index contributed by atoms with van der Waals surface area (Å²) in [5.41, 5.74) is 3.25. The molecule has 5 nitrogen and oxygen atoms in total. The lowest BCUT2D eigenvalue weighted by Gasteiger charge is -2.09. The van der Waals surface area contributed by atoms with E-state index in [2.05, 4.69) is 32.9 Å². The first-order valence-corrected chi connectivity index (χ1v) is 7.17. The second-order valence-electron chi connectivity index (χ2n) is 4.90. The van der Waals surface area contributed by atoms with Gasteiger partial charge in [-0.1, -0.05) is 12.1 Å². The Kier molecular flexibility index (Phi) is 4.25. The van der Waals surface area contributed by atoms with Gasteiger partial charge < -0.3 is 19.2 Å². The zero-order valence-electron chi connectivity index (χ0n) is 12.7. The number of benzene rings is 1. The lowest BCUT2D eigenvalue weighted by Crippen LogP contribution is -2.09. The second kappa shape index (κ2) is 6.49. The number of anilines is 1. The van der Waals surface area contributed by atoms with Gasteiger partial charge in [-0.25, -0.2) is 4.98 Å². The van der Waals surface area contributed by atoms with Crippen LogP contribution in [0, 0.1) is 0 Å². The lowest BCUT2D eigenvalue weighted by atomic mass is 10.1. The predicted octanol–water partition coefficient (Wildman–Crippen LogP) is 3.07. The number of methoxy groups -OCH3 is 2. The fraction of sp³-hybridized carbons (Fsp3) is 0.235. The van der Waals surface area contributed by atoms with Crippen LogP contribution in [0.1, 0.15) is 0 Å². The number of hydrogen-bond donors (Lipinski definition) is 1. The molecule has 0 saturated carbocycles. The summed E-state index contributed by atoms with van der Waals surface area (Å²) in [6.45, 7) is 1.37. The van der Waals surface area contributed by atoms with Crippen LogP contribution in [0.25, 0.3) is 16.8 Å². The molecule has 3 rings (SSSR count). The van der Waals surface area contributed by atoms with Crippen molar-refractivity contribution in [3.8, 4) is 17.0 Å². The molecule has 0 radical (unpaired) electrons. The maximum absolute atomic E-state index is 5.31. The molecule has 0 atom stereocenters. The quantitative estimate of drug-likeness (QED) is 0.710. The van der Waals surface area contributed by atoms with Crippen molar-refractivity contribution in [1.82, 2.24) is 9.38 Å². The molecule has 22 heavy (non-hydrogen) atoms. The van der Waals surface area contributed by atoms with E-state index in [1.165, 1.54) is 0 Å². The van der Waals surface area contributed by atoms with E-state index in [1.54, 1.807) is 20.4 Å². The summed E-state index contributed by atoms with van der Waals surface area (Å²) in [5, 5.41) is 3.29. The SMILES string of the molecule is COCCNc1nccn2c(-c3cccc(OC)c3)ccc12. The van der Waals surface area contributed by atoms with Crippen LogP contribution in [0.15, 0.2) is 48.8 Å². The molecule has 0 saturated heterocycles. The molecule has 0 aliphatic heterocycles. The van der Waals surface area contributed by atoms with Crippen LogP contribution in [0.5, 0.6) is 5.75 Å². The van der Waals surface area contributed by atoms with E-state index in [-0.39, 0.29) is 0 Å². The topological polar surface area (TPSA) is 47.8 Å². The summed E-state index contributed by atoms with van der Waals surface area (Å²) in [6, 6.07) is 12.2. The summed E-state index contributed by atoms with van der Waals surface area (Å²) in [6.07, 6.45) is 3.76. The Bertz CT molecular complexity index is 767. The standard InChI is InChI=1S/C17H19N3O2/c1-21-11-9-19-17-16-7-6-15(20(16)10-8-18-17)13-4-3-5-14(12-13)22-2/h3-8,10,12H,9,11H2,1-2H3,(H,18,19). The third-order valence-corrected chi connectivity index (χ3v) is 3.54. The van der Waals surface area contributed by atoms with Crippen LogP contribution < -0.4 is 10.1 Å². The van der Waals surface area contributed by atoms with Gasteiger partial charge in [0.05, 0.1) is 24.9 Å². The Morgan fingerprint density at radius 1 is 1.18 bits per heavy atom. The van der Waals surface area contributed by atoms with Gasteiger partial charge >= 0.3 is 0 Å². The molecule has 114 valence electrons. The predicted molar refractivity (Wildman–Crippen MR) is 87.5 cm³/mol. The summed E-state index contributed by atoms with van der Waals surface area (Å²) >= 11 is 0. The fourth-order valence-electron chi connectivity index (χ4n) is 2.47. The van der Waals surface area contributed by atoms with Gasteiger partial charge in [-0.3, -0.25) is 0 Å². The third kappa shape index (κ3) is 2.76. The molecule has 3 aromatic rings. The van der Waals surface area contributed by atoms with Crippen LogP contribution in [0.4, 0.5) is 5.82 Å². The van der Waals surface area contributed by atoms with E-state index in [0.717, 1.165) is 34.9 Å². The van der Waals surface area contributed by atoms with Crippen molar-refractivity contribution in [2.75, 3.05) is 32.7 Å². The van der Waals surface area contributed by atoms with Crippen LogP contribution in [0.3, 0.4) is 0 Å². The minimum absolute atomic E-state index is 0.645. The highest BCUT2D eigenvalue weighted by Crippen LogP contribution is 2.27. The molecule has 0 aliphatic rings. The average Bonchev–Trinajstić information content (AvgIpc) is 3.00. The van der Waals surface area contributed by atoms with Gasteiger partial charge in [-0.15, -0.1) is 0 Å². The number of nitrogens with zero attached hydrogens (tertiary/aromatic N) is 2. The smallest absolute Gasteiger partial charge is 0.150 e. The van der Waals surface area contributed by atoms with Gasteiger partial charge in [0.2, 0.25) is 0 Å². The van der Waals surface area contributed by atoms with Crippen LogP contribution >= 0.6 is 0 Å². The highest BCUT2D eigenvalue weighted by Gasteiger charge is 2.09. The molecule has 0 spiro atoms. The summed E-state index contributed by atoms with van der Waals surface area (Å²) in [4.78, 5) is 4.41. The van der Waals surface area contributed by atoms with E-state index >= 15 is 0 Å². The highest BCUT2D eigenvalue weighted by molar-refractivity contribution is 5.75. The molecule has 2 heterocycles. The normalized spacial score (nSPS) is 10.8. The maximum atomic E-state index is 5.31. The first-order chi connectivity index (χ1) is 10.8. The van der Waals surface area contributed by atoms with Crippen molar-refractivity contribution in [3.63, 3.8) is 0 Å². The average molecular weight is 297 g/mol. The third-order valence-electron chi connectivity index (χ3n) is 3.54. The summed E-state index contributed by atoms with van der Waals surface area (Å²) < 4.78 is 12.5. The molecule has 1 N–H and O–H groups in total. The zero-order valence-corrected chi connectivity index (χ0v) is 12.7. The van der Waals surface area contributed by atoms with E-state index in [9.17, 15) is 0 Å². The minimum Gasteiger partial charge on any atom is -0.497 e. The van der Waals surface area contributed by atoms with Crippen molar-refractivity contribution < 1.29 is 9.47 Å². The Morgan fingerprint density at radius 2 is 2.09 bits per heavy atom. The lowest BCUT2D eigenvalue weighted by molar-refractivity contribution is 0.210. The first-order valence-electron chi connectivity index (χ1n) is 7.17. The van der Waals surface area contributed by atoms with Crippen LogP contribution in [0.2, 0.25) is 0 Å². The monoisotopic (exact) mass is 297 g/mol. The van der Waals surface area contributed by atoms with Crippen molar-refractivity contribution in [3.05, 3.63) is 48.8 Å². The number of ether oxygens (including phenoxy) is 2. The second-order valence-corrected chi connectivity index (χ2v) is 4.90. The zero-order chi connectivity index (χ0) is 15.4. The molecular formula is C17H19N3O2. The molecular weight excluding hydrogens is 278 g/mol. The number of rotatable bonds is 6. The van der Waals surface area contributed by atoms with Crippen molar-refractivity contribution in [2.24, 2.45) is 0 Å². The minimum atomic E-state index is 0.645. The molecule has 2 aromatic heterocycles. The largest absolute Gasteiger partial charge is 0.497 e. The van der Waals surface area contributed by atoms with Gasteiger partial charge in [0, 0.05) is 31.6 Å². The van der Waals surface area contributed by atoms with Gasteiger partial charge in [0.1, 0.15) is 11.6 Å². The molecule has 0 fully saturated rings. The van der Waals surface area contributed by atoms with Crippen molar-refractivity contribution >= 4 is 11.3 Å². The molecule has 0 unspecified atom stereocenters. The maximum Gasteiger partial charge on any atom is 0.150 e. The Labute approximate surface area is 129 Å². The van der Waals surface area contributed by atoms with Gasteiger partial charge in [-0.2, -0.15) is 0 Å². The fourth-order valence-corrected chi connectivity index (χ4v) is 2.47. The molecule has 0 aliphatic carbocycles. The summed E-state index contributed by atoms with van der Waals surface area (Å²) in [7, 11) is 3.37. The number of aromatic nitrogens is 2. The van der Waals surface area contributed by atoms with E-state index in [4.69, 9.17) is 9.47 Å². The van der Waals surface area contributed by atoms with Gasteiger partial charge in [0.25, 0.3) is 0 Å². The van der Waals surface area contributed by atoms with Gasteiger partial charge in [0.15, 0.2) is 0 Å². The molecule has 0 amide bonds. The first kappa shape index (κ1) is 14.4. The Hall–Kier alpha value is -2.53. The van der Waals surface area contributed by atoms with E-state index < -0.39 is 0 Å². The van der Waals surface area contributed by atoms with E-state index in [1.807, 2.05) is 24.4 Å². The van der Waals surface area contributed by atoms with Crippen molar-refractivity contribution in [2.45, 2.75) is 0 Å². The Balaban J connectivity index is 1.99. The summed E-state index contributed by atoms with van der Waals surface area (Å²) in [5.74, 6) is 1.70. The van der Waals surface area contributed by atoms with Crippen molar-refractivity contribution in [1.29, 1.82) is 0 Å². The van der Waals surface area contributed by atoms with Crippen LogP contribution in [-0.4, -0.2) is 36.8 Å². The van der Waals surface area contributed by atoms with Gasteiger partial charge in [-0.05, 0) is 24.3 Å². The van der Waals surface area contributed by atoms with E-state index in [0.29, 0.717) is 6.61 Å². The number of nitrogens with one attached hydrogen (secondary N) is 1.